The summed E-state index contributed by atoms with van der Waals surface area (Å²) in [5, 5.41) is 20.6. The molecule has 3 atom stereocenters. The Hall–Kier alpha value is -3.15. The average Bonchev–Trinajstić information content (AvgIpc) is 2.88. The zero-order valence-corrected chi connectivity index (χ0v) is 18.8. The van der Waals surface area contributed by atoms with Crippen molar-refractivity contribution in [1.29, 1.82) is 10.5 Å². The van der Waals surface area contributed by atoms with E-state index in [-0.39, 0.29) is 30.8 Å². The van der Waals surface area contributed by atoms with Crippen molar-refractivity contribution in [2.24, 2.45) is 11.3 Å². The SMILES string of the molecule is CCOC(=O)CC1COCC(c2ccc(C)cc2)CCC(C#N)(C#N)C1c1ccccc1. The van der Waals surface area contributed by atoms with Gasteiger partial charge in [0, 0.05) is 17.8 Å². The van der Waals surface area contributed by atoms with Crippen molar-refractivity contribution in [2.75, 3.05) is 19.8 Å². The second-order valence-corrected chi connectivity index (χ2v) is 8.54. The number of ether oxygens (including phenoxy) is 2. The predicted octanol–water partition coefficient (Wildman–Crippen LogP) is 5.28. The standard InChI is InChI=1S/C27H30N2O3/c1-3-32-25(30)15-24-17-31-16-23(21-11-9-20(2)10-12-21)13-14-27(18-28,19-29)26(24)22-7-5-4-6-8-22/h4-12,23-24,26H,3,13-17H2,1-2H3. The van der Waals surface area contributed by atoms with Crippen LogP contribution in [-0.2, 0) is 14.3 Å². The van der Waals surface area contributed by atoms with Gasteiger partial charge in [0.05, 0.1) is 38.4 Å². The number of carbonyl (C=O) groups is 1. The summed E-state index contributed by atoms with van der Waals surface area (Å²) >= 11 is 0. The van der Waals surface area contributed by atoms with Crippen LogP contribution < -0.4 is 0 Å². The first-order valence-corrected chi connectivity index (χ1v) is 11.2. The fraction of sp³-hybridized carbons (Fsp3) is 0.444. The number of hydrogen-bond donors (Lipinski definition) is 0. The fourth-order valence-corrected chi connectivity index (χ4v) is 4.71. The third-order valence-electron chi connectivity index (χ3n) is 6.38. The molecule has 5 heteroatoms. The molecule has 1 fully saturated rings. The number of carbonyl (C=O) groups excluding carboxylic acids is 1. The number of aryl methyl sites for hydroxylation is 1. The van der Waals surface area contributed by atoms with Crippen molar-refractivity contribution in [1.82, 2.24) is 0 Å². The van der Waals surface area contributed by atoms with Gasteiger partial charge in [0.1, 0.15) is 0 Å². The molecule has 0 aliphatic carbocycles. The topological polar surface area (TPSA) is 83.1 Å². The number of nitriles is 2. The third kappa shape index (κ3) is 5.36. The summed E-state index contributed by atoms with van der Waals surface area (Å²) in [7, 11) is 0. The molecule has 2 aromatic carbocycles. The lowest BCUT2D eigenvalue weighted by Gasteiger charge is -2.35. The van der Waals surface area contributed by atoms with Gasteiger partial charge in [-0.15, -0.1) is 0 Å². The maximum Gasteiger partial charge on any atom is 0.306 e. The van der Waals surface area contributed by atoms with E-state index in [0.29, 0.717) is 26.1 Å². The fourth-order valence-electron chi connectivity index (χ4n) is 4.71. The molecule has 0 bridgehead atoms. The lowest BCUT2D eigenvalue weighted by Crippen LogP contribution is -2.35. The maximum atomic E-state index is 12.4. The van der Waals surface area contributed by atoms with Crippen molar-refractivity contribution < 1.29 is 14.3 Å². The van der Waals surface area contributed by atoms with Gasteiger partial charge in [-0.1, -0.05) is 60.2 Å². The molecular weight excluding hydrogens is 400 g/mol. The Bertz CT molecular complexity index is 959. The molecule has 0 saturated carbocycles. The Morgan fingerprint density at radius 1 is 1.06 bits per heavy atom. The molecule has 3 unspecified atom stereocenters. The van der Waals surface area contributed by atoms with Gasteiger partial charge in [0.25, 0.3) is 0 Å². The van der Waals surface area contributed by atoms with Crippen molar-refractivity contribution in [3.63, 3.8) is 0 Å². The minimum atomic E-state index is -1.27. The Kier molecular flexibility index (Phi) is 8.03. The van der Waals surface area contributed by atoms with Crippen LogP contribution in [0, 0.1) is 40.9 Å². The van der Waals surface area contributed by atoms with E-state index in [0.717, 1.165) is 11.1 Å². The van der Waals surface area contributed by atoms with Crippen LogP contribution >= 0.6 is 0 Å². The molecule has 2 aromatic rings. The molecule has 3 rings (SSSR count). The van der Waals surface area contributed by atoms with E-state index >= 15 is 0 Å². The number of esters is 1. The molecular formula is C27H30N2O3. The summed E-state index contributed by atoms with van der Waals surface area (Å²) in [5.74, 6) is -1.05. The van der Waals surface area contributed by atoms with E-state index in [1.807, 2.05) is 37.3 Å². The van der Waals surface area contributed by atoms with Crippen LogP contribution in [0.2, 0.25) is 0 Å². The predicted molar refractivity (Wildman–Crippen MR) is 122 cm³/mol. The second kappa shape index (κ2) is 10.9. The van der Waals surface area contributed by atoms with Crippen LogP contribution in [0.1, 0.15) is 54.7 Å². The second-order valence-electron chi connectivity index (χ2n) is 8.54. The normalized spacial score (nSPS) is 22.9. The largest absolute Gasteiger partial charge is 0.466 e. The molecule has 1 aliphatic rings. The van der Waals surface area contributed by atoms with Crippen molar-refractivity contribution in [3.8, 4) is 12.1 Å². The Labute approximate surface area is 190 Å². The summed E-state index contributed by atoms with van der Waals surface area (Å²) in [6, 6.07) is 22.6. The first-order valence-electron chi connectivity index (χ1n) is 11.2. The van der Waals surface area contributed by atoms with Crippen LogP contribution in [0.15, 0.2) is 54.6 Å². The Balaban J connectivity index is 2.01. The highest BCUT2D eigenvalue weighted by Crippen LogP contribution is 2.47. The van der Waals surface area contributed by atoms with Crippen molar-refractivity contribution in [2.45, 2.75) is 44.9 Å². The molecule has 166 valence electrons. The first kappa shape index (κ1) is 23.5. The van der Waals surface area contributed by atoms with Gasteiger partial charge in [-0.25, -0.2) is 0 Å². The molecule has 0 spiro atoms. The van der Waals surface area contributed by atoms with Gasteiger partial charge in [-0.05, 0) is 37.8 Å². The minimum Gasteiger partial charge on any atom is -0.466 e. The Morgan fingerprint density at radius 3 is 2.38 bits per heavy atom. The first-order chi connectivity index (χ1) is 15.5. The minimum absolute atomic E-state index is 0.0782. The molecule has 1 aliphatic heterocycles. The summed E-state index contributed by atoms with van der Waals surface area (Å²) < 4.78 is 11.4. The van der Waals surface area contributed by atoms with E-state index in [1.165, 1.54) is 5.56 Å². The number of benzene rings is 2. The molecule has 0 radical (unpaired) electrons. The zero-order chi connectivity index (χ0) is 23.0. The third-order valence-corrected chi connectivity index (χ3v) is 6.38. The zero-order valence-electron chi connectivity index (χ0n) is 18.8. The van der Waals surface area contributed by atoms with E-state index < -0.39 is 11.3 Å². The lowest BCUT2D eigenvalue weighted by atomic mass is 9.64. The highest BCUT2D eigenvalue weighted by molar-refractivity contribution is 5.70. The van der Waals surface area contributed by atoms with Crippen LogP contribution in [0.4, 0.5) is 0 Å². The van der Waals surface area contributed by atoms with E-state index in [1.54, 1.807) is 6.92 Å². The quantitative estimate of drug-likeness (QED) is 0.603. The monoisotopic (exact) mass is 430 g/mol. The van der Waals surface area contributed by atoms with Crippen molar-refractivity contribution >= 4 is 5.97 Å². The van der Waals surface area contributed by atoms with Gasteiger partial charge in [-0.3, -0.25) is 4.79 Å². The molecule has 0 aromatic heterocycles. The van der Waals surface area contributed by atoms with Gasteiger partial charge in [0.2, 0.25) is 0 Å². The molecule has 5 nitrogen and oxygen atoms in total. The molecule has 32 heavy (non-hydrogen) atoms. The average molecular weight is 431 g/mol. The molecule has 1 heterocycles. The number of hydrogen-bond acceptors (Lipinski definition) is 5. The van der Waals surface area contributed by atoms with Crippen LogP contribution in [-0.4, -0.2) is 25.8 Å². The Morgan fingerprint density at radius 2 is 1.75 bits per heavy atom. The van der Waals surface area contributed by atoms with Gasteiger partial charge in [0.15, 0.2) is 5.41 Å². The highest BCUT2D eigenvalue weighted by Gasteiger charge is 2.46. The van der Waals surface area contributed by atoms with E-state index in [2.05, 4.69) is 36.4 Å². The lowest BCUT2D eigenvalue weighted by molar-refractivity contribution is -0.145. The number of rotatable bonds is 5. The summed E-state index contributed by atoms with van der Waals surface area (Å²) in [4.78, 5) is 12.4. The van der Waals surface area contributed by atoms with E-state index in [4.69, 9.17) is 9.47 Å². The van der Waals surface area contributed by atoms with Crippen molar-refractivity contribution in [3.05, 3.63) is 71.3 Å². The highest BCUT2D eigenvalue weighted by atomic mass is 16.5. The number of nitrogens with zero attached hydrogens (tertiary/aromatic N) is 2. The van der Waals surface area contributed by atoms with Gasteiger partial charge < -0.3 is 9.47 Å². The van der Waals surface area contributed by atoms with Gasteiger partial charge >= 0.3 is 5.97 Å². The van der Waals surface area contributed by atoms with Crippen LogP contribution in [0.3, 0.4) is 0 Å². The van der Waals surface area contributed by atoms with Crippen LogP contribution in [0.25, 0.3) is 0 Å². The molecule has 0 amide bonds. The molecule has 0 N–H and O–H groups in total. The van der Waals surface area contributed by atoms with Crippen LogP contribution in [0.5, 0.6) is 0 Å². The smallest absolute Gasteiger partial charge is 0.306 e. The summed E-state index contributed by atoms with van der Waals surface area (Å²) in [6.45, 7) is 4.87. The summed E-state index contributed by atoms with van der Waals surface area (Å²) in [5.41, 5.74) is 1.93. The molecule has 1 saturated heterocycles. The maximum absolute atomic E-state index is 12.4. The summed E-state index contributed by atoms with van der Waals surface area (Å²) in [6.07, 6.45) is 1.16. The van der Waals surface area contributed by atoms with E-state index in [9.17, 15) is 15.3 Å². The van der Waals surface area contributed by atoms with Gasteiger partial charge in [-0.2, -0.15) is 10.5 Å².